The van der Waals surface area contributed by atoms with Crippen molar-refractivity contribution in [2.75, 3.05) is 6.54 Å². The van der Waals surface area contributed by atoms with Crippen molar-refractivity contribution < 1.29 is 23.9 Å². The van der Waals surface area contributed by atoms with E-state index >= 15 is 0 Å². The second kappa shape index (κ2) is 8.64. The van der Waals surface area contributed by atoms with Crippen LogP contribution < -0.4 is 5.32 Å². The molecule has 3 aromatic rings. The highest BCUT2D eigenvalue weighted by Crippen LogP contribution is 2.35. The number of carboxylic acids is 1. The first-order valence-electron chi connectivity index (χ1n) is 9.62. The molecule has 1 aromatic heterocycles. The molecule has 0 radical (unpaired) electrons. The van der Waals surface area contributed by atoms with Gasteiger partial charge in [-0.3, -0.25) is 9.59 Å². The summed E-state index contributed by atoms with van der Waals surface area (Å²) in [5.74, 6) is -2.21. The first kappa shape index (κ1) is 21.9. The van der Waals surface area contributed by atoms with Gasteiger partial charge in [-0.25, -0.2) is 4.79 Å². The maximum atomic E-state index is 13.0. The maximum Gasteiger partial charge on any atom is 0.331 e. The average Bonchev–Trinajstić information content (AvgIpc) is 3.20. The number of rotatable bonds is 5. The van der Waals surface area contributed by atoms with Crippen LogP contribution in [0.25, 0.3) is 11.0 Å². The van der Waals surface area contributed by atoms with E-state index in [9.17, 15) is 14.4 Å². The molecular weight excluding hydrogens is 457 g/mol. The van der Waals surface area contributed by atoms with E-state index in [2.05, 4.69) is 5.32 Å². The molecule has 0 saturated heterocycles. The lowest BCUT2D eigenvalue weighted by Gasteiger charge is -2.29. The average molecular weight is 474 g/mol. The van der Waals surface area contributed by atoms with Gasteiger partial charge < -0.3 is 25.1 Å². The molecule has 2 heterocycles. The summed E-state index contributed by atoms with van der Waals surface area (Å²) in [4.78, 5) is 38.2. The molecule has 0 saturated carbocycles. The number of nitrogens with one attached hydrogen (secondary N) is 2. The van der Waals surface area contributed by atoms with Crippen LogP contribution in [-0.2, 0) is 17.8 Å². The Hall–Kier alpha value is -3.36. The van der Waals surface area contributed by atoms with Crippen molar-refractivity contribution in [2.24, 2.45) is 0 Å². The minimum atomic E-state index is -1.50. The Bertz CT molecular complexity index is 1240. The molecule has 0 aliphatic carbocycles. The third-order valence-corrected chi connectivity index (χ3v) is 5.99. The second-order valence-electron chi connectivity index (χ2n) is 7.27. The predicted molar refractivity (Wildman–Crippen MR) is 119 cm³/mol. The van der Waals surface area contributed by atoms with Gasteiger partial charge in [0.1, 0.15) is 5.58 Å². The number of carbonyl (C=O) groups is 3. The minimum absolute atomic E-state index is 0.0263. The molecule has 164 valence electrons. The van der Waals surface area contributed by atoms with Gasteiger partial charge >= 0.3 is 5.97 Å². The molecule has 10 heteroatoms. The van der Waals surface area contributed by atoms with Gasteiger partial charge in [0.15, 0.2) is 11.8 Å². The number of fused-ring (bicyclic) bond motifs is 2. The number of amides is 2. The number of para-hydroxylation sites is 1. The molecule has 0 unspecified atom stereocenters. The molecule has 1 atom stereocenters. The lowest BCUT2D eigenvalue weighted by atomic mass is 9.96. The van der Waals surface area contributed by atoms with Gasteiger partial charge in [-0.15, -0.1) is 0 Å². The van der Waals surface area contributed by atoms with Crippen molar-refractivity contribution >= 4 is 58.2 Å². The highest BCUT2D eigenvalue weighted by Gasteiger charge is 2.30. The highest BCUT2D eigenvalue weighted by molar-refractivity contribution is 6.40. The number of hydrogen-bond donors (Lipinski definition) is 3. The zero-order valence-corrected chi connectivity index (χ0v) is 18.0. The van der Waals surface area contributed by atoms with Crippen molar-refractivity contribution in [3.8, 4) is 0 Å². The normalized spacial score (nSPS) is 14.0. The summed E-state index contributed by atoms with van der Waals surface area (Å²) in [5.41, 5.74) is 1.92. The van der Waals surface area contributed by atoms with Crippen LogP contribution in [0.3, 0.4) is 0 Å². The minimum Gasteiger partial charge on any atom is -0.479 e. The summed E-state index contributed by atoms with van der Waals surface area (Å²) in [6.07, 6.45) is 0.979. The largest absolute Gasteiger partial charge is 0.479 e. The van der Waals surface area contributed by atoms with E-state index in [0.29, 0.717) is 35.9 Å². The Morgan fingerprint density at radius 3 is 2.66 bits per heavy atom. The van der Waals surface area contributed by atoms with Crippen LogP contribution in [0.2, 0.25) is 10.0 Å². The number of nitrogens with zero attached hydrogens (tertiary/aromatic N) is 1. The quantitative estimate of drug-likeness (QED) is 0.486. The van der Waals surface area contributed by atoms with E-state index in [-0.39, 0.29) is 33.8 Å². The number of halogens is 2. The lowest BCUT2D eigenvalue weighted by molar-refractivity contribution is -0.137. The molecule has 3 N–H and O–H groups in total. The summed E-state index contributed by atoms with van der Waals surface area (Å²) in [6, 6.07) is 9.09. The number of aliphatic carboxylic acids is 1. The summed E-state index contributed by atoms with van der Waals surface area (Å²) in [7, 11) is 0. The number of benzene rings is 2. The van der Waals surface area contributed by atoms with Crippen LogP contribution >= 0.6 is 23.2 Å². The Morgan fingerprint density at radius 2 is 1.97 bits per heavy atom. The first-order valence-corrected chi connectivity index (χ1v) is 10.4. The smallest absolute Gasteiger partial charge is 0.331 e. The summed E-state index contributed by atoms with van der Waals surface area (Å²) >= 11 is 12.8. The number of hydrogen-bond acceptors (Lipinski definition) is 5. The lowest BCUT2D eigenvalue weighted by Crippen LogP contribution is -2.42. The molecule has 32 heavy (non-hydrogen) atoms. The van der Waals surface area contributed by atoms with E-state index in [1.54, 1.807) is 23.1 Å². The SMILES string of the molecule is N=C[C@H](NC(=O)c1c(Cl)cc2c(c1Cl)CCN(C(=O)c1cc3ccccc3o1)C2)C(=O)O. The van der Waals surface area contributed by atoms with E-state index < -0.39 is 17.9 Å². The molecule has 1 aliphatic heterocycles. The molecule has 2 aromatic carbocycles. The van der Waals surface area contributed by atoms with Gasteiger partial charge in [0.25, 0.3) is 11.8 Å². The number of carbonyl (C=O) groups excluding carboxylic acids is 2. The van der Waals surface area contributed by atoms with Gasteiger partial charge in [0, 0.05) is 24.7 Å². The van der Waals surface area contributed by atoms with Crippen molar-refractivity contribution in [1.82, 2.24) is 10.2 Å². The molecule has 0 fully saturated rings. The van der Waals surface area contributed by atoms with Crippen molar-refractivity contribution in [3.63, 3.8) is 0 Å². The van der Waals surface area contributed by atoms with Crippen LogP contribution in [-0.4, -0.2) is 46.6 Å². The fourth-order valence-electron chi connectivity index (χ4n) is 3.66. The number of furan rings is 1. The van der Waals surface area contributed by atoms with Gasteiger partial charge in [0.05, 0.1) is 15.6 Å². The first-order chi connectivity index (χ1) is 15.3. The van der Waals surface area contributed by atoms with Gasteiger partial charge in [0.2, 0.25) is 0 Å². The molecule has 4 rings (SSSR count). The van der Waals surface area contributed by atoms with Crippen LogP contribution in [0.1, 0.15) is 32.0 Å². The van der Waals surface area contributed by atoms with Gasteiger partial charge in [-0.05, 0) is 35.7 Å². The fraction of sp³-hybridized carbons (Fsp3) is 0.182. The second-order valence-corrected chi connectivity index (χ2v) is 8.05. The van der Waals surface area contributed by atoms with Gasteiger partial charge in [-0.2, -0.15) is 0 Å². The van der Waals surface area contributed by atoms with Crippen LogP contribution in [0.15, 0.2) is 40.8 Å². The third-order valence-electron chi connectivity index (χ3n) is 5.27. The van der Waals surface area contributed by atoms with Gasteiger partial charge in [-0.1, -0.05) is 41.4 Å². The van der Waals surface area contributed by atoms with E-state index in [1.165, 1.54) is 0 Å². The van der Waals surface area contributed by atoms with Crippen LogP contribution in [0.5, 0.6) is 0 Å². The molecule has 8 nitrogen and oxygen atoms in total. The van der Waals surface area contributed by atoms with E-state index in [0.717, 1.165) is 5.39 Å². The highest BCUT2D eigenvalue weighted by atomic mass is 35.5. The van der Waals surface area contributed by atoms with Crippen molar-refractivity contribution in [3.05, 3.63) is 68.9 Å². The third kappa shape index (κ3) is 3.94. The fourth-order valence-corrected chi connectivity index (χ4v) is 4.43. The maximum absolute atomic E-state index is 13.0. The summed E-state index contributed by atoms with van der Waals surface area (Å²) in [5, 5.41) is 19.4. The Kier molecular flexibility index (Phi) is 5.90. The standard InChI is InChI=1S/C22H17Cl2N3O5/c23-14-7-12-10-27(21(29)17-8-11-3-1-2-4-16(11)32-17)6-5-13(12)19(24)18(14)20(28)26-15(9-25)22(30)31/h1-4,7-9,15,25H,5-6,10H2,(H,26,28)(H,30,31)/t15-/m0/s1. The predicted octanol–water partition coefficient (Wildman–Crippen LogP) is 3.77. The molecule has 1 aliphatic rings. The zero-order chi connectivity index (χ0) is 23.0. The Morgan fingerprint density at radius 1 is 1.22 bits per heavy atom. The topological polar surface area (TPSA) is 124 Å². The zero-order valence-electron chi connectivity index (χ0n) is 16.5. The molecular formula is C22H17Cl2N3O5. The van der Waals surface area contributed by atoms with E-state index in [4.69, 9.17) is 38.1 Å². The molecule has 0 bridgehead atoms. The van der Waals surface area contributed by atoms with Crippen molar-refractivity contribution in [1.29, 1.82) is 5.41 Å². The van der Waals surface area contributed by atoms with Crippen molar-refractivity contribution in [2.45, 2.75) is 19.0 Å². The molecule has 0 spiro atoms. The summed E-state index contributed by atoms with van der Waals surface area (Å²) in [6.45, 7) is 0.578. The van der Waals surface area contributed by atoms with Crippen LogP contribution in [0, 0.1) is 5.41 Å². The monoisotopic (exact) mass is 473 g/mol. The Labute approximate surface area is 192 Å². The summed E-state index contributed by atoms with van der Waals surface area (Å²) < 4.78 is 5.67. The van der Waals surface area contributed by atoms with Crippen LogP contribution in [0.4, 0.5) is 0 Å². The number of carboxylic acid groups (broad SMARTS) is 1. The Balaban J connectivity index is 1.59. The molecule has 2 amide bonds. The van der Waals surface area contributed by atoms with E-state index in [1.807, 2.05) is 18.2 Å².